The van der Waals surface area contributed by atoms with Gasteiger partial charge in [0, 0.05) is 18.7 Å². The summed E-state index contributed by atoms with van der Waals surface area (Å²) < 4.78 is 45.1. The standard InChI is InChI=1S/C14H20F3NO/c1-4-18-12(8-5-9(2)19-3)10-6-7-11(15)14(17)13(10)16/h6-7,9,12,18H,4-5,8H2,1-3H3. The molecule has 0 spiro atoms. The van der Waals surface area contributed by atoms with Crippen molar-refractivity contribution in [2.24, 2.45) is 0 Å². The van der Waals surface area contributed by atoms with Gasteiger partial charge in [0.1, 0.15) is 0 Å². The van der Waals surface area contributed by atoms with E-state index in [1.165, 1.54) is 6.07 Å². The molecular formula is C14H20F3NO. The van der Waals surface area contributed by atoms with E-state index >= 15 is 0 Å². The zero-order chi connectivity index (χ0) is 14.4. The van der Waals surface area contributed by atoms with E-state index in [2.05, 4.69) is 5.32 Å². The van der Waals surface area contributed by atoms with Crippen LogP contribution in [0.5, 0.6) is 0 Å². The van der Waals surface area contributed by atoms with Crippen molar-refractivity contribution in [2.75, 3.05) is 13.7 Å². The van der Waals surface area contributed by atoms with Crippen LogP contribution in [-0.4, -0.2) is 19.8 Å². The van der Waals surface area contributed by atoms with Crippen molar-refractivity contribution >= 4 is 0 Å². The summed E-state index contributed by atoms with van der Waals surface area (Å²) in [5.74, 6) is -3.70. The summed E-state index contributed by atoms with van der Waals surface area (Å²) in [6, 6.07) is 1.90. The van der Waals surface area contributed by atoms with Crippen molar-refractivity contribution in [1.29, 1.82) is 0 Å². The fourth-order valence-electron chi connectivity index (χ4n) is 1.94. The van der Waals surface area contributed by atoms with E-state index in [4.69, 9.17) is 4.74 Å². The van der Waals surface area contributed by atoms with Gasteiger partial charge in [-0.05, 0) is 32.4 Å². The Morgan fingerprint density at radius 1 is 1.16 bits per heavy atom. The molecule has 0 bridgehead atoms. The molecule has 0 amide bonds. The molecule has 2 unspecified atom stereocenters. The molecule has 1 aromatic rings. The highest BCUT2D eigenvalue weighted by Gasteiger charge is 2.20. The van der Waals surface area contributed by atoms with E-state index < -0.39 is 17.5 Å². The van der Waals surface area contributed by atoms with Crippen molar-refractivity contribution in [3.05, 3.63) is 35.1 Å². The van der Waals surface area contributed by atoms with Crippen molar-refractivity contribution in [3.8, 4) is 0 Å². The molecule has 19 heavy (non-hydrogen) atoms. The van der Waals surface area contributed by atoms with Crippen LogP contribution in [0.1, 0.15) is 38.3 Å². The predicted octanol–water partition coefficient (Wildman–Crippen LogP) is 3.57. The minimum Gasteiger partial charge on any atom is -0.382 e. The van der Waals surface area contributed by atoms with Crippen LogP contribution >= 0.6 is 0 Å². The molecule has 0 radical (unpaired) electrons. The third-order valence-electron chi connectivity index (χ3n) is 3.16. The van der Waals surface area contributed by atoms with E-state index in [9.17, 15) is 13.2 Å². The highest BCUT2D eigenvalue weighted by molar-refractivity contribution is 5.23. The monoisotopic (exact) mass is 275 g/mol. The summed E-state index contributed by atoms with van der Waals surface area (Å²) in [4.78, 5) is 0. The van der Waals surface area contributed by atoms with E-state index in [1.807, 2.05) is 13.8 Å². The van der Waals surface area contributed by atoms with Crippen LogP contribution in [0.15, 0.2) is 12.1 Å². The highest BCUT2D eigenvalue weighted by Crippen LogP contribution is 2.25. The maximum Gasteiger partial charge on any atom is 0.194 e. The average Bonchev–Trinajstić information content (AvgIpc) is 2.41. The number of benzene rings is 1. The number of rotatable bonds is 7. The lowest BCUT2D eigenvalue weighted by Crippen LogP contribution is -2.24. The lowest BCUT2D eigenvalue weighted by Gasteiger charge is -2.21. The van der Waals surface area contributed by atoms with E-state index in [1.54, 1.807) is 7.11 Å². The molecule has 0 aliphatic heterocycles. The molecular weight excluding hydrogens is 255 g/mol. The maximum atomic E-state index is 13.8. The van der Waals surface area contributed by atoms with Crippen molar-refractivity contribution in [3.63, 3.8) is 0 Å². The minimum absolute atomic E-state index is 0.0366. The Balaban J connectivity index is 2.89. The predicted molar refractivity (Wildman–Crippen MR) is 68.4 cm³/mol. The molecule has 0 saturated heterocycles. The van der Waals surface area contributed by atoms with Gasteiger partial charge in [-0.25, -0.2) is 13.2 Å². The summed E-state index contributed by atoms with van der Waals surface area (Å²) in [5, 5.41) is 3.08. The number of hydrogen-bond acceptors (Lipinski definition) is 2. The van der Waals surface area contributed by atoms with Crippen LogP contribution in [-0.2, 0) is 4.74 Å². The Morgan fingerprint density at radius 2 is 1.84 bits per heavy atom. The molecule has 0 aliphatic rings. The Labute approximate surface area is 112 Å². The quantitative estimate of drug-likeness (QED) is 0.768. The second-order valence-corrected chi connectivity index (χ2v) is 4.50. The summed E-state index contributed by atoms with van der Waals surface area (Å²) in [7, 11) is 1.60. The number of methoxy groups -OCH3 is 1. The third kappa shape index (κ3) is 4.21. The molecule has 2 atom stereocenters. The van der Waals surface area contributed by atoms with Gasteiger partial charge >= 0.3 is 0 Å². The van der Waals surface area contributed by atoms with Gasteiger partial charge in [0.2, 0.25) is 0 Å². The SMILES string of the molecule is CCNC(CCC(C)OC)c1ccc(F)c(F)c1F. The Hall–Kier alpha value is -1.07. The molecule has 1 aromatic carbocycles. The fraction of sp³-hybridized carbons (Fsp3) is 0.571. The zero-order valence-electron chi connectivity index (χ0n) is 11.5. The van der Waals surface area contributed by atoms with Crippen LogP contribution in [0.3, 0.4) is 0 Å². The molecule has 0 aromatic heterocycles. The molecule has 0 heterocycles. The molecule has 1 rings (SSSR count). The van der Waals surface area contributed by atoms with Gasteiger partial charge in [-0.1, -0.05) is 13.0 Å². The molecule has 0 fully saturated rings. The number of nitrogens with one attached hydrogen (secondary N) is 1. The minimum atomic E-state index is -1.42. The molecule has 0 saturated carbocycles. The molecule has 2 nitrogen and oxygen atoms in total. The molecule has 0 aliphatic carbocycles. The Morgan fingerprint density at radius 3 is 2.42 bits per heavy atom. The second-order valence-electron chi connectivity index (χ2n) is 4.50. The van der Waals surface area contributed by atoms with Crippen LogP contribution in [0.25, 0.3) is 0 Å². The Bertz CT molecular complexity index is 412. The zero-order valence-corrected chi connectivity index (χ0v) is 11.5. The molecule has 1 N–H and O–H groups in total. The van der Waals surface area contributed by atoms with Gasteiger partial charge in [0.25, 0.3) is 0 Å². The van der Waals surface area contributed by atoms with Crippen LogP contribution in [0, 0.1) is 17.5 Å². The smallest absolute Gasteiger partial charge is 0.194 e. The van der Waals surface area contributed by atoms with Crippen molar-refractivity contribution in [2.45, 2.75) is 38.8 Å². The van der Waals surface area contributed by atoms with Gasteiger partial charge in [-0.15, -0.1) is 0 Å². The van der Waals surface area contributed by atoms with Crippen molar-refractivity contribution < 1.29 is 17.9 Å². The summed E-state index contributed by atoms with van der Waals surface area (Å²) in [6.45, 7) is 4.40. The van der Waals surface area contributed by atoms with Crippen LogP contribution in [0.2, 0.25) is 0 Å². The highest BCUT2D eigenvalue weighted by atomic mass is 19.2. The van der Waals surface area contributed by atoms with E-state index in [-0.39, 0.29) is 17.7 Å². The molecule has 108 valence electrons. The van der Waals surface area contributed by atoms with Crippen LogP contribution < -0.4 is 5.32 Å². The first-order valence-electron chi connectivity index (χ1n) is 6.40. The first-order valence-corrected chi connectivity index (χ1v) is 6.40. The number of hydrogen-bond donors (Lipinski definition) is 1. The van der Waals surface area contributed by atoms with Gasteiger partial charge < -0.3 is 10.1 Å². The number of ether oxygens (including phenoxy) is 1. The maximum absolute atomic E-state index is 13.8. The summed E-state index contributed by atoms with van der Waals surface area (Å²) in [5.41, 5.74) is 0.157. The van der Waals surface area contributed by atoms with Gasteiger partial charge in [0.15, 0.2) is 17.5 Å². The van der Waals surface area contributed by atoms with E-state index in [0.717, 1.165) is 6.07 Å². The lowest BCUT2D eigenvalue weighted by molar-refractivity contribution is 0.106. The first-order chi connectivity index (χ1) is 9.01. The van der Waals surface area contributed by atoms with E-state index in [0.29, 0.717) is 19.4 Å². The van der Waals surface area contributed by atoms with Gasteiger partial charge in [-0.3, -0.25) is 0 Å². The summed E-state index contributed by atoms with van der Waals surface area (Å²) >= 11 is 0. The Kier molecular flexibility index (Phi) is 6.31. The number of halogens is 3. The largest absolute Gasteiger partial charge is 0.382 e. The second kappa shape index (κ2) is 7.50. The van der Waals surface area contributed by atoms with Gasteiger partial charge in [-0.2, -0.15) is 0 Å². The van der Waals surface area contributed by atoms with Crippen LogP contribution in [0.4, 0.5) is 13.2 Å². The lowest BCUT2D eigenvalue weighted by atomic mass is 9.99. The average molecular weight is 275 g/mol. The summed E-state index contributed by atoms with van der Waals surface area (Å²) in [6.07, 6.45) is 1.33. The fourth-order valence-corrected chi connectivity index (χ4v) is 1.94. The normalized spacial score (nSPS) is 14.4. The van der Waals surface area contributed by atoms with Crippen molar-refractivity contribution in [1.82, 2.24) is 5.32 Å². The third-order valence-corrected chi connectivity index (χ3v) is 3.16. The first kappa shape index (κ1) is 16.0. The van der Waals surface area contributed by atoms with Gasteiger partial charge in [0.05, 0.1) is 6.10 Å². The topological polar surface area (TPSA) is 21.3 Å². The molecule has 5 heteroatoms.